The number of amides is 1. The molecule has 0 unspecified atom stereocenters. The number of carboxylic acids is 1. The number of benzene rings is 3. The number of rotatable bonds is 6. The number of fused-ring (bicyclic) bond motifs is 4. The molecular formula is C37H40N3O4+. The number of aliphatic carboxylic acids is 1. The molecule has 1 N–H and O–H groups in total. The van der Waals surface area contributed by atoms with Gasteiger partial charge in [0, 0.05) is 84.7 Å². The van der Waals surface area contributed by atoms with Crippen molar-refractivity contribution in [3.63, 3.8) is 0 Å². The molecule has 5 aliphatic heterocycles. The van der Waals surface area contributed by atoms with Crippen molar-refractivity contribution < 1.29 is 19.4 Å². The van der Waals surface area contributed by atoms with Crippen LogP contribution in [0.4, 0.5) is 5.69 Å². The second-order valence-corrected chi connectivity index (χ2v) is 13.1. The highest BCUT2D eigenvalue weighted by molar-refractivity contribution is 6.02. The first kappa shape index (κ1) is 27.4. The third-order valence-corrected chi connectivity index (χ3v) is 10.3. The molecule has 226 valence electrons. The second-order valence-electron chi connectivity index (χ2n) is 13.1. The number of ether oxygens (including phenoxy) is 1. The maximum absolute atomic E-state index is 14.0. The van der Waals surface area contributed by atoms with Gasteiger partial charge in [-0.15, -0.1) is 0 Å². The average Bonchev–Trinajstić information content (AvgIpc) is 3.04. The highest BCUT2D eigenvalue weighted by atomic mass is 16.5. The van der Waals surface area contributed by atoms with Gasteiger partial charge in [0.2, 0.25) is 5.36 Å². The Hall–Kier alpha value is -4.13. The Labute approximate surface area is 258 Å². The molecule has 8 rings (SSSR count). The van der Waals surface area contributed by atoms with E-state index in [0.717, 1.165) is 111 Å². The highest BCUT2D eigenvalue weighted by Crippen LogP contribution is 2.48. The summed E-state index contributed by atoms with van der Waals surface area (Å²) in [5, 5.41) is 11.7. The van der Waals surface area contributed by atoms with E-state index in [9.17, 15) is 9.59 Å². The number of carbonyl (C=O) groups is 2. The van der Waals surface area contributed by atoms with Gasteiger partial charge in [-0.1, -0.05) is 18.2 Å². The summed E-state index contributed by atoms with van der Waals surface area (Å²) in [4.78, 5) is 29.4. The van der Waals surface area contributed by atoms with Crippen molar-refractivity contribution in [3.05, 3.63) is 85.9 Å². The third kappa shape index (κ3) is 4.34. The average molecular weight is 591 g/mol. The van der Waals surface area contributed by atoms with Crippen LogP contribution in [0.15, 0.2) is 36.4 Å². The number of hydrogen-bond acceptors (Lipinski definition) is 4. The topological polar surface area (TPSA) is 73.1 Å². The first-order chi connectivity index (χ1) is 21.5. The highest BCUT2D eigenvalue weighted by Gasteiger charge is 2.36. The smallest absolute Gasteiger partial charge is 0.303 e. The molecule has 0 aromatic heterocycles. The van der Waals surface area contributed by atoms with Crippen molar-refractivity contribution in [2.45, 2.75) is 64.2 Å². The molecule has 7 heteroatoms. The molecule has 3 aromatic carbocycles. The lowest BCUT2D eigenvalue weighted by molar-refractivity contribution is -0.137. The maximum Gasteiger partial charge on any atom is 0.303 e. The standard InChI is InChI=1S/C37H39N3O4/c1-38(16-8-15-31(41)42)37(43)26-12-3-2-11-25(26)32-29-21-23-9-4-17-39-19-6-13-27(33(23)39)35(29)44-36-28-14-7-20-40-18-5-10-24(34(28)40)22-30(32)36/h2-3,11-12,21-22H,4-10,13-20H2,1H3/p+1. The van der Waals surface area contributed by atoms with Crippen LogP contribution in [0.5, 0.6) is 11.5 Å². The zero-order chi connectivity index (χ0) is 29.9. The summed E-state index contributed by atoms with van der Waals surface area (Å²) in [6.07, 6.45) is 9.15. The molecule has 5 heterocycles. The van der Waals surface area contributed by atoms with E-state index in [1.165, 1.54) is 33.3 Å². The summed E-state index contributed by atoms with van der Waals surface area (Å²) in [6, 6.07) is 12.7. The molecule has 0 spiro atoms. The third-order valence-electron chi connectivity index (χ3n) is 10.3. The Bertz CT molecular complexity index is 1850. The lowest BCUT2D eigenvalue weighted by Gasteiger charge is -2.39. The van der Waals surface area contributed by atoms with E-state index in [-0.39, 0.29) is 12.3 Å². The van der Waals surface area contributed by atoms with Crippen molar-refractivity contribution in [2.75, 3.05) is 44.7 Å². The molecule has 0 radical (unpaired) electrons. The SMILES string of the molecule is CN(CCCC(=O)O)C(=O)c1ccccc1C1=c2cc3c4c(c2Oc2c1cc1c5c2CCCN5CCC1)CCC[N+]=4CCC3. The molecule has 0 saturated heterocycles. The summed E-state index contributed by atoms with van der Waals surface area (Å²) in [5.74, 6) is 1.05. The molecule has 0 aliphatic carbocycles. The van der Waals surface area contributed by atoms with Gasteiger partial charge >= 0.3 is 5.97 Å². The molecule has 5 aliphatic rings. The second kappa shape index (κ2) is 10.8. The van der Waals surface area contributed by atoms with Crippen molar-refractivity contribution in [1.82, 2.24) is 9.48 Å². The Balaban J connectivity index is 1.40. The Morgan fingerprint density at radius 1 is 0.909 bits per heavy atom. The minimum atomic E-state index is -0.839. The van der Waals surface area contributed by atoms with Crippen LogP contribution in [0.1, 0.15) is 82.3 Å². The molecular weight excluding hydrogens is 550 g/mol. The molecule has 0 bridgehead atoms. The van der Waals surface area contributed by atoms with Crippen LogP contribution in [0.3, 0.4) is 0 Å². The van der Waals surface area contributed by atoms with E-state index in [2.05, 4.69) is 27.7 Å². The lowest BCUT2D eigenvalue weighted by Crippen LogP contribution is -2.45. The van der Waals surface area contributed by atoms with Crippen LogP contribution in [-0.4, -0.2) is 61.7 Å². The predicted molar refractivity (Wildman–Crippen MR) is 171 cm³/mol. The first-order valence-corrected chi connectivity index (χ1v) is 16.5. The predicted octanol–water partition coefficient (Wildman–Crippen LogP) is 4.06. The summed E-state index contributed by atoms with van der Waals surface area (Å²) in [5.41, 5.74) is 10.6. The van der Waals surface area contributed by atoms with Crippen LogP contribution in [0, 0.1) is 0 Å². The van der Waals surface area contributed by atoms with Crippen LogP contribution in [-0.2, 0) is 30.5 Å². The van der Waals surface area contributed by atoms with E-state index in [1.807, 2.05) is 18.2 Å². The summed E-state index contributed by atoms with van der Waals surface area (Å²) in [6.45, 7) is 4.80. The number of nitrogens with zero attached hydrogens (tertiary/aromatic N) is 3. The summed E-state index contributed by atoms with van der Waals surface area (Å²) >= 11 is 0. The van der Waals surface area contributed by atoms with Gasteiger partial charge in [-0.3, -0.25) is 9.59 Å². The molecule has 0 fully saturated rings. The van der Waals surface area contributed by atoms with E-state index in [4.69, 9.17) is 9.84 Å². The van der Waals surface area contributed by atoms with E-state index in [1.54, 1.807) is 11.9 Å². The van der Waals surface area contributed by atoms with Crippen LogP contribution >= 0.6 is 0 Å². The van der Waals surface area contributed by atoms with Crippen molar-refractivity contribution in [2.24, 2.45) is 0 Å². The molecule has 1 amide bonds. The number of carboxylic acid groups (broad SMARTS) is 1. The molecule has 44 heavy (non-hydrogen) atoms. The van der Waals surface area contributed by atoms with Crippen LogP contribution < -0.4 is 24.8 Å². The summed E-state index contributed by atoms with van der Waals surface area (Å²) < 4.78 is 9.74. The van der Waals surface area contributed by atoms with Crippen LogP contribution in [0.2, 0.25) is 0 Å². The largest absolute Gasteiger partial charge is 0.481 e. The fourth-order valence-corrected chi connectivity index (χ4v) is 8.47. The van der Waals surface area contributed by atoms with E-state index < -0.39 is 5.97 Å². The monoisotopic (exact) mass is 590 g/mol. The lowest BCUT2D eigenvalue weighted by atomic mass is 9.81. The zero-order valence-electron chi connectivity index (χ0n) is 25.6. The normalized spacial score (nSPS) is 17.6. The molecule has 3 aromatic rings. The van der Waals surface area contributed by atoms with Crippen molar-refractivity contribution >= 4 is 23.1 Å². The Morgan fingerprint density at radius 3 is 2.50 bits per heavy atom. The zero-order valence-corrected chi connectivity index (χ0v) is 25.6. The number of aryl methyl sites for hydroxylation is 2. The van der Waals surface area contributed by atoms with Gasteiger partial charge < -0.3 is 19.6 Å². The number of hydrogen-bond donors (Lipinski definition) is 1. The molecule has 7 nitrogen and oxygen atoms in total. The maximum atomic E-state index is 14.0. The first-order valence-electron chi connectivity index (χ1n) is 16.5. The van der Waals surface area contributed by atoms with Gasteiger partial charge in [0.25, 0.3) is 5.91 Å². The van der Waals surface area contributed by atoms with Gasteiger partial charge in [0.05, 0.1) is 5.56 Å². The van der Waals surface area contributed by atoms with Crippen molar-refractivity contribution in [3.8, 4) is 11.5 Å². The molecule has 0 saturated carbocycles. The van der Waals surface area contributed by atoms with Gasteiger partial charge in [-0.2, -0.15) is 0 Å². The fraction of sp³-hybridized carbons (Fsp3) is 0.432. The van der Waals surface area contributed by atoms with Crippen molar-refractivity contribution in [1.29, 1.82) is 0 Å². The van der Waals surface area contributed by atoms with Gasteiger partial charge in [-0.05, 0) is 74.3 Å². The minimum absolute atomic E-state index is 0.0462. The van der Waals surface area contributed by atoms with Crippen LogP contribution in [0.25, 0.3) is 5.57 Å². The van der Waals surface area contributed by atoms with Gasteiger partial charge in [0.15, 0.2) is 0 Å². The minimum Gasteiger partial charge on any atom is -0.481 e. The fourth-order valence-electron chi connectivity index (χ4n) is 8.47. The quantitative estimate of drug-likeness (QED) is 0.343. The summed E-state index contributed by atoms with van der Waals surface area (Å²) in [7, 11) is 1.78. The van der Waals surface area contributed by atoms with E-state index >= 15 is 0 Å². The Kier molecular flexibility index (Phi) is 6.73. The number of carbonyl (C=O) groups excluding carboxylic acids is 1. The molecule has 0 atom stereocenters. The van der Waals surface area contributed by atoms with Gasteiger partial charge in [-0.25, -0.2) is 4.58 Å². The van der Waals surface area contributed by atoms with E-state index in [0.29, 0.717) is 18.5 Å². The number of anilines is 1. The van der Waals surface area contributed by atoms with Gasteiger partial charge in [0.1, 0.15) is 24.6 Å². The Morgan fingerprint density at radius 2 is 1.66 bits per heavy atom.